The zero-order valence-electron chi connectivity index (χ0n) is 14.0. The van der Waals surface area contributed by atoms with Crippen LogP contribution in [0.5, 0.6) is 0 Å². The lowest BCUT2D eigenvalue weighted by atomic mass is 9.69. The Balaban J connectivity index is 1.58. The molecule has 0 aromatic heterocycles. The Morgan fingerprint density at radius 1 is 1.14 bits per heavy atom. The first kappa shape index (κ1) is 15.8. The molecule has 2 N–H and O–H groups in total. The average Bonchev–Trinajstić information content (AvgIpc) is 3.24. The minimum absolute atomic E-state index is 0.421. The Hall–Kier alpha value is -0.120. The molecule has 3 fully saturated rings. The first-order chi connectivity index (χ1) is 9.96. The summed E-state index contributed by atoms with van der Waals surface area (Å²) in [7, 11) is 0. The molecule has 3 heteroatoms. The van der Waals surface area contributed by atoms with Gasteiger partial charge in [-0.25, -0.2) is 0 Å². The van der Waals surface area contributed by atoms with E-state index in [4.69, 9.17) is 0 Å². The van der Waals surface area contributed by atoms with Crippen molar-refractivity contribution in [2.24, 2.45) is 11.3 Å². The van der Waals surface area contributed by atoms with Crippen LogP contribution in [-0.4, -0.2) is 47.8 Å². The number of nitrogens with one attached hydrogen (secondary N) is 1. The van der Waals surface area contributed by atoms with Crippen LogP contribution in [0.15, 0.2) is 0 Å². The Morgan fingerprint density at radius 3 is 2.48 bits per heavy atom. The monoisotopic (exact) mass is 294 g/mol. The van der Waals surface area contributed by atoms with Crippen LogP contribution in [-0.2, 0) is 0 Å². The molecule has 0 aromatic carbocycles. The zero-order chi connectivity index (χ0) is 14.9. The summed E-state index contributed by atoms with van der Waals surface area (Å²) in [6.07, 6.45) is 10.3. The van der Waals surface area contributed by atoms with Crippen molar-refractivity contribution in [3.63, 3.8) is 0 Å². The minimum atomic E-state index is -0.421. The van der Waals surface area contributed by atoms with Crippen LogP contribution in [0.2, 0.25) is 0 Å². The lowest BCUT2D eigenvalue weighted by Crippen LogP contribution is -2.51. The number of nitrogens with zero attached hydrogens (tertiary/aromatic N) is 1. The van der Waals surface area contributed by atoms with Crippen molar-refractivity contribution in [2.75, 3.05) is 26.2 Å². The van der Waals surface area contributed by atoms with Gasteiger partial charge in [-0.15, -0.1) is 0 Å². The molecule has 3 rings (SSSR count). The maximum atomic E-state index is 10.1. The smallest absolute Gasteiger partial charge is 0.0644 e. The van der Waals surface area contributed by atoms with Crippen molar-refractivity contribution in [1.29, 1.82) is 0 Å². The second-order valence-corrected chi connectivity index (χ2v) is 8.63. The molecular weight excluding hydrogens is 260 g/mol. The Bertz CT molecular complexity index is 343. The lowest BCUT2D eigenvalue weighted by molar-refractivity contribution is -0.0225. The molecule has 1 saturated heterocycles. The van der Waals surface area contributed by atoms with E-state index in [-0.39, 0.29) is 0 Å². The third kappa shape index (κ3) is 4.43. The van der Waals surface area contributed by atoms with E-state index in [9.17, 15) is 5.11 Å². The molecular formula is C18H34N2O. The van der Waals surface area contributed by atoms with Gasteiger partial charge in [0.05, 0.1) is 5.60 Å². The summed E-state index contributed by atoms with van der Waals surface area (Å²) in [5.74, 6) is 0.882. The summed E-state index contributed by atoms with van der Waals surface area (Å²) in [6, 6.07) is 0.821. The lowest BCUT2D eigenvalue weighted by Gasteiger charge is -2.46. The van der Waals surface area contributed by atoms with E-state index >= 15 is 0 Å². The summed E-state index contributed by atoms with van der Waals surface area (Å²) in [5, 5.41) is 14.0. The Kier molecular flexibility index (Phi) is 4.63. The van der Waals surface area contributed by atoms with Crippen LogP contribution in [0.25, 0.3) is 0 Å². The van der Waals surface area contributed by atoms with Crippen LogP contribution >= 0.6 is 0 Å². The van der Waals surface area contributed by atoms with Gasteiger partial charge in [-0.2, -0.15) is 0 Å². The Labute approximate surface area is 130 Å². The predicted molar refractivity (Wildman–Crippen MR) is 87.4 cm³/mol. The fraction of sp³-hybridized carbons (Fsp3) is 1.00. The first-order valence-electron chi connectivity index (χ1n) is 9.15. The molecule has 2 saturated carbocycles. The van der Waals surface area contributed by atoms with E-state index in [0.717, 1.165) is 37.9 Å². The number of rotatable bonds is 5. The number of aliphatic hydroxyl groups is 1. The third-order valence-electron chi connectivity index (χ3n) is 6.02. The van der Waals surface area contributed by atoms with Gasteiger partial charge in [0, 0.05) is 32.2 Å². The summed E-state index contributed by atoms with van der Waals surface area (Å²) in [5.41, 5.74) is 0.0687. The summed E-state index contributed by atoms with van der Waals surface area (Å²) >= 11 is 0. The van der Waals surface area contributed by atoms with Gasteiger partial charge >= 0.3 is 0 Å². The number of likely N-dealkylation sites (tertiary alicyclic amines) is 1. The highest BCUT2D eigenvalue weighted by atomic mass is 16.3. The summed E-state index contributed by atoms with van der Waals surface area (Å²) < 4.78 is 0. The van der Waals surface area contributed by atoms with Gasteiger partial charge in [0.1, 0.15) is 0 Å². The minimum Gasteiger partial charge on any atom is -0.390 e. The van der Waals surface area contributed by atoms with E-state index in [1.165, 1.54) is 51.6 Å². The SMILES string of the molecule is CC1CCCC(CNC2CC2)(CN2CCC(C)(O)CC2)C1. The van der Waals surface area contributed by atoms with Crippen molar-refractivity contribution in [3.05, 3.63) is 0 Å². The van der Waals surface area contributed by atoms with Gasteiger partial charge in [0.2, 0.25) is 0 Å². The number of piperidine rings is 1. The van der Waals surface area contributed by atoms with Crippen LogP contribution in [0.4, 0.5) is 0 Å². The highest BCUT2D eigenvalue weighted by molar-refractivity contribution is 4.94. The zero-order valence-corrected chi connectivity index (χ0v) is 14.0. The predicted octanol–water partition coefficient (Wildman–Crippen LogP) is 2.78. The van der Waals surface area contributed by atoms with E-state index < -0.39 is 5.60 Å². The van der Waals surface area contributed by atoms with E-state index in [0.29, 0.717) is 5.41 Å². The van der Waals surface area contributed by atoms with E-state index in [1.807, 2.05) is 6.92 Å². The standard InChI is InChI=1S/C18H34N2O/c1-15-4-3-7-18(12-15,13-19-16-5-6-16)14-20-10-8-17(2,21)9-11-20/h15-16,19,21H,3-14H2,1-2H3. The molecule has 0 radical (unpaired) electrons. The van der Waals surface area contributed by atoms with Crippen molar-refractivity contribution in [3.8, 4) is 0 Å². The number of hydrogen-bond acceptors (Lipinski definition) is 3. The fourth-order valence-corrected chi connectivity index (χ4v) is 4.44. The normalized spacial score (nSPS) is 37.6. The largest absolute Gasteiger partial charge is 0.390 e. The molecule has 2 aliphatic carbocycles. The van der Waals surface area contributed by atoms with E-state index in [1.54, 1.807) is 0 Å². The maximum absolute atomic E-state index is 10.1. The number of hydrogen-bond donors (Lipinski definition) is 2. The van der Waals surface area contributed by atoms with Gasteiger partial charge in [0.15, 0.2) is 0 Å². The van der Waals surface area contributed by atoms with Crippen molar-refractivity contribution in [2.45, 2.75) is 76.9 Å². The van der Waals surface area contributed by atoms with Crippen molar-refractivity contribution >= 4 is 0 Å². The molecule has 0 bridgehead atoms. The fourth-order valence-electron chi connectivity index (χ4n) is 4.44. The topological polar surface area (TPSA) is 35.5 Å². The molecule has 3 aliphatic rings. The molecule has 0 aromatic rings. The molecule has 2 unspecified atom stereocenters. The average molecular weight is 294 g/mol. The van der Waals surface area contributed by atoms with Crippen LogP contribution < -0.4 is 5.32 Å². The Morgan fingerprint density at radius 2 is 1.86 bits per heavy atom. The van der Waals surface area contributed by atoms with E-state index in [2.05, 4.69) is 17.1 Å². The van der Waals surface area contributed by atoms with Gasteiger partial charge in [0.25, 0.3) is 0 Å². The summed E-state index contributed by atoms with van der Waals surface area (Å²) in [6.45, 7) is 9.05. The quantitative estimate of drug-likeness (QED) is 0.818. The van der Waals surface area contributed by atoms with Crippen LogP contribution in [0.3, 0.4) is 0 Å². The second kappa shape index (κ2) is 6.17. The van der Waals surface area contributed by atoms with Gasteiger partial charge < -0.3 is 15.3 Å². The highest BCUT2D eigenvalue weighted by Crippen LogP contribution is 2.41. The molecule has 2 atom stereocenters. The second-order valence-electron chi connectivity index (χ2n) is 8.63. The summed E-state index contributed by atoms with van der Waals surface area (Å²) in [4.78, 5) is 2.63. The molecule has 21 heavy (non-hydrogen) atoms. The van der Waals surface area contributed by atoms with Gasteiger partial charge in [-0.1, -0.05) is 19.8 Å². The molecule has 0 amide bonds. The first-order valence-corrected chi connectivity index (χ1v) is 9.15. The molecule has 0 spiro atoms. The molecule has 122 valence electrons. The maximum Gasteiger partial charge on any atom is 0.0644 e. The van der Waals surface area contributed by atoms with Crippen molar-refractivity contribution < 1.29 is 5.11 Å². The third-order valence-corrected chi connectivity index (χ3v) is 6.02. The van der Waals surface area contributed by atoms with Gasteiger partial charge in [-0.05, 0) is 56.8 Å². The van der Waals surface area contributed by atoms with Crippen LogP contribution in [0, 0.1) is 11.3 Å². The highest BCUT2D eigenvalue weighted by Gasteiger charge is 2.39. The van der Waals surface area contributed by atoms with Crippen molar-refractivity contribution in [1.82, 2.24) is 10.2 Å². The van der Waals surface area contributed by atoms with Gasteiger partial charge in [-0.3, -0.25) is 0 Å². The van der Waals surface area contributed by atoms with Crippen LogP contribution in [0.1, 0.15) is 65.2 Å². The molecule has 1 aliphatic heterocycles. The molecule has 3 nitrogen and oxygen atoms in total. The molecule has 1 heterocycles.